The van der Waals surface area contributed by atoms with Crippen molar-refractivity contribution in [2.75, 3.05) is 51.8 Å². The molecular formula is C24H27N5O6S. The molecule has 0 radical (unpaired) electrons. The Kier molecular flexibility index (Phi) is 8.52. The molecule has 2 saturated heterocycles. The van der Waals surface area contributed by atoms with E-state index < -0.39 is 16.1 Å². The zero-order valence-electron chi connectivity index (χ0n) is 19.8. The molecule has 0 unspecified atom stereocenters. The van der Waals surface area contributed by atoms with E-state index >= 15 is 0 Å². The smallest absolute Gasteiger partial charge is 0.296 e. The molecule has 190 valence electrons. The van der Waals surface area contributed by atoms with Gasteiger partial charge < -0.3 is 14.8 Å². The minimum atomic E-state index is -0.686. The molecule has 4 rings (SSSR count). The van der Waals surface area contributed by atoms with Gasteiger partial charge in [-0.2, -0.15) is 0 Å². The number of amides is 2. The van der Waals surface area contributed by atoms with Crippen LogP contribution >= 0.6 is 11.8 Å². The summed E-state index contributed by atoms with van der Waals surface area (Å²) in [6.45, 7) is 4.03. The van der Waals surface area contributed by atoms with Crippen LogP contribution in [0.4, 0.5) is 17.1 Å². The quantitative estimate of drug-likeness (QED) is 0.401. The van der Waals surface area contributed by atoms with Crippen molar-refractivity contribution in [3.8, 4) is 5.75 Å². The summed E-state index contributed by atoms with van der Waals surface area (Å²) in [6, 6.07) is 13.5. The molecule has 12 heteroatoms. The number of nitro benzene ring substituents is 1. The van der Waals surface area contributed by atoms with Gasteiger partial charge in [-0.05, 0) is 24.3 Å². The van der Waals surface area contributed by atoms with Crippen LogP contribution in [-0.4, -0.2) is 83.5 Å². The molecule has 0 aromatic heterocycles. The zero-order valence-corrected chi connectivity index (χ0v) is 20.6. The van der Waals surface area contributed by atoms with Gasteiger partial charge in [-0.25, -0.2) is 4.99 Å². The van der Waals surface area contributed by atoms with Gasteiger partial charge >= 0.3 is 0 Å². The van der Waals surface area contributed by atoms with E-state index in [1.54, 1.807) is 4.90 Å². The number of hydrogen-bond donors (Lipinski definition) is 1. The average molecular weight is 514 g/mol. The maximum atomic E-state index is 13.3. The Labute approximate surface area is 212 Å². The average Bonchev–Trinajstić information content (AvgIpc) is 3.17. The molecule has 1 atom stereocenters. The Morgan fingerprint density at radius 3 is 2.67 bits per heavy atom. The molecular weight excluding hydrogens is 486 g/mol. The predicted molar refractivity (Wildman–Crippen MR) is 137 cm³/mol. The van der Waals surface area contributed by atoms with Gasteiger partial charge in [0.2, 0.25) is 11.8 Å². The standard InChI is InChI=1S/C24H27N5O6S/c1-34-18-7-8-19(20(15-18)29(32)33)26-22(30)16-21-23(31)28(10-9-27-11-13-35-14-12-27)24(36-21)25-17-5-3-2-4-6-17/h2-8,15,21H,9-14,16H2,1H3,(H,26,30)/t21-/m1/s1. The number of anilines is 1. The highest BCUT2D eigenvalue weighted by Gasteiger charge is 2.39. The van der Waals surface area contributed by atoms with Crippen molar-refractivity contribution in [3.05, 3.63) is 58.6 Å². The van der Waals surface area contributed by atoms with E-state index in [2.05, 4.69) is 15.2 Å². The van der Waals surface area contributed by atoms with Crippen LogP contribution in [0, 0.1) is 10.1 Å². The molecule has 11 nitrogen and oxygen atoms in total. The van der Waals surface area contributed by atoms with Crippen LogP contribution in [0.1, 0.15) is 6.42 Å². The number of aliphatic imine (C=N–C) groups is 1. The SMILES string of the molecule is COc1ccc(NC(=O)C[C@H]2SC(=Nc3ccccc3)N(CCN3CCOCC3)C2=O)c([N+](=O)[O-])c1. The van der Waals surface area contributed by atoms with Gasteiger partial charge in [0, 0.05) is 32.6 Å². The number of ether oxygens (including phenoxy) is 2. The largest absolute Gasteiger partial charge is 0.496 e. The van der Waals surface area contributed by atoms with E-state index in [-0.39, 0.29) is 23.7 Å². The van der Waals surface area contributed by atoms with Crippen LogP contribution in [0.5, 0.6) is 5.75 Å². The Bertz CT molecular complexity index is 1140. The summed E-state index contributed by atoms with van der Waals surface area (Å²) in [5, 5.41) is 13.9. The topological polar surface area (TPSA) is 127 Å². The van der Waals surface area contributed by atoms with Crippen molar-refractivity contribution in [3.63, 3.8) is 0 Å². The second kappa shape index (κ2) is 12.0. The van der Waals surface area contributed by atoms with E-state index in [0.717, 1.165) is 13.1 Å². The Morgan fingerprint density at radius 2 is 1.97 bits per heavy atom. The molecule has 2 heterocycles. The second-order valence-corrected chi connectivity index (χ2v) is 9.34. The number of thioether (sulfide) groups is 1. The van der Waals surface area contributed by atoms with Crippen molar-refractivity contribution in [1.29, 1.82) is 0 Å². The van der Waals surface area contributed by atoms with Crippen molar-refractivity contribution in [2.45, 2.75) is 11.7 Å². The highest BCUT2D eigenvalue weighted by Crippen LogP contribution is 2.33. The molecule has 2 aliphatic rings. The summed E-state index contributed by atoms with van der Waals surface area (Å²) >= 11 is 1.23. The Hall–Kier alpha value is -3.48. The molecule has 2 fully saturated rings. The number of methoxy groups -OCH3 is 1. The summed E-state index contributed by atoms with van der Waals surface area (Å²) in [4.78, 5) is 45.5. The number of para-hydroxylation sites is 1. The summed E-state index contributed by atoms with van der Waals surface area (Å²) < 4.78 is 10.4. The van der Waals surface area contributed by atoms with E-state index in [9.17, 15) is 19.7 Å². The minimum absolute atomic E-state index is 0.0450. The lowest BCUT2D eigenvalue weighted by Crippen LogP contribution is -2.43. The van der Waals surface area contributed by atoms with Crippen molar-refractivity contribution in [1.82, 2.24) is 9.80 Å². The maximum absolute atomic E-state index is 13.3. The predicted octanol–water partition coefficient (Wildman–Crippen LogP) is 2.90. The number of rotatable bonds is 9. The molecule has 0 saturated carbocycles. The fraction of sp³-hybridized carbons (Fsp3) is 0.375. The van der Waals surface area contributed by atoms with Gasteiger partial charge in [0.15, 0.2) is 5.17 Å². The van der Waals surface area contributed by atoms with Gasteiger partial charge in [0.05, 0.1) is 37.0 Å². The highest BCUT2D eigenvalue weighted by atomic mass is 32.2. The highest BCUT2D eigenvalue weighted by molar-refractivity contribution is 8.15. The first-order valence-corrected chi connectivity index (χ1v) is 12.4. The van der Waals surface area contributed by atoms with Crippen LogP contribution in [0.15, 0.2) is 53.5 Å². The van der Waals surface area contributed by atoms with E-state index in [1.165, 1.54) is 37.1 Å². The van der Waals surface area contributed by atoms with E-state index in [1.807, 2.05) is 30.3 Å². The Balaban J connectivity index is 1.47. The minimum Gasteiger partial charge on any atom is -0.496 e. The van der Waals surface area contributed by atoms with Crippen LogP contribution in [0.2, 0.25) is 0 Å². The van der Waals surface area contributed by atoms with E-state index in [4.69, 9.17) is 9.47 Å². The van der Waals surface area contributed by atoms with Gasteiger partial charge in [-0.1, -0.05) is 30.0 Å². The van der Waals surface area contributed by atoms with Crippen molar-refractivity contribution >= 4 is 45.8 Å². The van der Waals surface area contributed by atoms with Crippen LogP contribution in [0.25, 0.3) is 0 Å². The normalized spacial score (nSPS) is 19.5. The molecule has 2 aromatic rings. The maximum Gasteiger partial charge on any atom is 0.296 e. The number of hydrogen-bond acceptors (Lipinski definition) is 9. The van der Waals surface area contributed by atoms with Crippen LogP contribution in [0.3, 0.4) is 0 Å². The van der Waals surface area contributed by atoms with Crippen molar-refractivity contribution < 1.29 is 24.0 Å². The number of carbonyl (C=O) groups is 2. The lowest BCUT2D eigenvalue weighted by molar-refractivity contribution is -0.384. The first-order chi connectivity index (χ1) is 17.4. The molecule has 0 bridgehead atoms. The number of nitro groups is 1. The molecule has 1 N–H and O–H groups in total. The Morgan fingerprint density at radius 1 is 1.22 bits per heavy atom. The molecule has 36 heavy (non-hydrogen) atoms. The van der Waals surface area contributed by atoms with Crippen LogP contribution < -0.4 is 10.1 Å². The van der Waals surface area contributed by atoms with Crippen LogP contribution in [-0.2, 0) is 14.3 Å². The number of nitrogens with zero attached hydrogens (tertiary/aromatic N) is 4. The van der Waals surface area contributed by atoms with E-state index in [0.29, 0.717) is 42.9 Å². The number of benzene rings is 2. The molecule has 0 spiro atoms. The summed E-state index contributed by atoms with van der Waals surface area (Å²) in [7, 11) is 1.40. The first kappa shape index (κ1) is 25.6. The van der Waals surface area contributed by atoms with Gasteiger partial charge in [-0.15, -0.1) is 0 Å². The molecule has 2 aromatic carbocycles. The third kappa shape index (κ3) is 6.39. The number of carbonyl (C=O) groups excluding carboxylic acids is 2. The van der Waals surface area contributed by atoms with Crippen molar-refractivity contribution in [2.24, 2.45) is 4.99 Å². The lowest BCUT2D eigenvalue weighted by atomic mass is 10.2. The fourth-order valence-corrected chi connectivity index (χ4v) is 5.06. The molecule has 2 amide bonds. The fourth-order valence-electron chi connectivity index (χ4n) is 3.87. The number of morpholine rings is 1. The summed E-state index contributed by atoms with van der Waals surface area (Å²) in [5.41, 5.74) is 0.471. The number of amidine groups is 1. The second-order valence-electron chi connectivity index (χ2n) is 8.17. The number of nitrogens with one attached hydrogen (secondary N) is 1. The van der Waals surface area contributed by atoms with Gasteiger partial charge in [-0.3, -0.25) is 29.5 Å². The molecule has 2 aliphatic heterocycles. The zero-order chi connectivity index (χ0) is 25.5. The lowest BCUT2D eigenvalue weighted by Gasteiger charge is -2.28. The summed E-state index contributed by atoms with van der Waals surface area (Å²) in [6.07, 6.45) is -0.144. The van der Waals surface area contributed by atoms with Gasteiger partial charge in [0.1, 0.15) is 16.7 Å². The monoisotopic (exact) mass is 513 g/mol. The third-order valence-corrected chi connectivity index (χ3v) is 6.97. The summed E-state index contributed by atoms with van der Waals surface area (Å²) in [5.74, 6) is -0.399. The first-order valence-electron chi connectivity index (χ1n) is 11.5. The third-order valence-electron chi connectivity index (χ3n) is 5.79. The van der Waals surface area contributed by atoms with Gasteiger partial charge in [0.25, 0.3) is 5.69 Å². The molecule has 0 aliphatic carbocycles.